The van der Waals surface area contributed by atoms with Crippen molar-refractivity contribution >= 4 is 0 Å². The molecule has 0 unspecified atom stereocenters. The molecular weight excluding hydrogens is 162 g/mol. The largest absolute Gasteiger partial charge is 0.338 e. The Kier molecular flexibility index (Phi) is 3.09. The summed E-state index contributed by atoms with van der Waals surface area (Å²) in [6.07, 6.45) is 3.13. The molecule has 1 heterocycles. The van der Waals surface area contributed by atoms with Crippen molar-refractivity contribution in [2.45, 2.75) is 26.3 Å². The van der Waals surface area contributed by atoms with Crippen LogP contribution in [0.4, 0.5) is 0 Å². The van der Waals surface area contributed by atoms with Crippen LogP contribution in [-0.2, 0) is 13.5 Å². The lowest BCUT2D eigenvalue weighted by atomic mass is 10.2. The lowest BCUT2D eigenvalue weighted by Crippen LogP contribution is -2.26. The van der Waals surface area contributed by atoms with Crippen molar-refractivity contribution in [1.82, 2.24) is 14.5 Å². The van der Waals surface area contributed by atoms with Gasteiger partial charge in [-0.3, -0.25) is 0 Å². The summed E-state index contributed by atoms with van der Waals surface area (Å²) in [5.74, 6) is 1.08. The van der Waals surface area contributed by atoms with E-state index in [1.54, 1.807) is 0 Å². The lowest BCUT2D eigenvalue weighted by Gasteiger charge is -2.18. The van der Waals surface area contributed by atoms with E-state index in [-0.39, 0.29) is 0 Å². The standard InChI is InChI=1S/C10H19N3/c1-8(12(3)4)6-10-7-13(5)9(2)11-10/h7-8H,6H2,1-5H3/t8-/m1/s1. The monoisotopic (exact) mass is 181 g/mol. The van der Waals surface area contributed by atoms with Crippen molar-refractivity contribution < 1.29 is 0 Å². The second-order valence-corrected chi connectivity index (χ2v) is 3.91. The molecule has 1 rings (SSSR count). The van der Waals surface area contributed by atoms with Crippen molar-refractivity contribution in [2.75, 3.05) is 14.1 Å². The third-order valence-electron chi connectivity index (χ3n) is 2.54. The van der Waals surface area contributed by atoms with Crippen LogP contribution in [0.5, 0.6) is 0 Å². The van der Waals surface area contributed by atoms with Crippen LogP contribution in [0.3, 0.4) is 0 Å². The summed E-state index contributed by atoms with van der Waals surface area (Å²) < 4.78 is 2.07. The fraction of sp³-hybridized carbons (Fsp3) is 0.700. The van der Waals surface area contributed by atoms with Gasteiger partial charge in [-0.1, -0.05) is 0 Å². The van der Waals surface area contributed by atoms with Crippen LogP contribution in [0.25, 0.3) is 0 Å². The highest BCUT2D eigenvalue weighted by atomic mass is 15.1. The first-order chi connectivity index (χ1) is 6.00. The molecule has 1 aromatic rings. The minimum atomic E-state index is 0.550. The van der Waals surface area contributed by atoms with Crippen LogP contribution >= 0.6 is 0 Å². The SMILES string of the molecule is Cc1nc(C[C@@H](C)N(C)C)cn1C. The highest BCUT2D eigenvalue weighted by Crippen LogP contribution is 2.05. The minimum Gasteiger partial charge on any atom is -0.338 e. The number of nitrogens with zero attached hydrogens (tertiary/aromatic N) is 3. The maximum atomic E-state index is 4.47. The molecule has 0 saturated heterocycles. The lowest BCUT2D eigenvalue weighted by molar-refractivity contribution is 0.311. The number of rotatable bonds is 3. The molecule has 0 fully saturated rings. The topological polar surface area (TPSA) is 21.1 Å². The Bertz CT molecular complexity index is 256. The number of imidazole rings is 1. The summed E-state index contributed by atoms with van der Waals surface area (Å²) >= 11 is 0. The van der Waals surface area contributed by atoms with Gasteiger partial charge in [0.05, 0.1) is 5.69 Å². The Hall–Kier alpha value is -0.830. The molecule has 0 aliphatic carbocycles. The molecule has 3 heteroatoms. The number of aromatic nitrogens is 2. The smallest absolute Gasteiger partial charge is 0.105 e. The van der Waals surface area contributed by atoms with E-state index in [4.69, 9.17) is 0 Å². The minimum absolute atomic E-state index is 0.550. The van der Waals surface area contributed by atoms with Gasteiger partial charge < -0.3 is 9.47 Å². The third-order valence-corrected chi connectivity index (χ3v) is 2.54. The van der Waals surface area contributed by atoms with Gasteiger partial charge in [0, 0.05) is 25.7 Å². The van der Waals surface area contributed by atoms with Gasteiger partial charge in [-0.2, -0.15) is 0 Å². The molecule has 0 spiro atoms. The van der Waals surface area contributed by atoms with Gasteiger partial charge in [-0.25, -0.2) is 4.98 Å². The van der Waals surface area contributed by atoms with E-state index in [0.717, 1.165) is 12.2 Å². The molecule has 1 aromatic heterocycles. The van der Waals surface area contributed by atoms with Crippen LogP contribution in [0.1, 0.15) is 18.4 Å². The summed E-state index contributed by atoms with van der Waals surface area (Å²) in [6.45, 7) is 4.24. The molecule has 13 heavy (non-hydrogen) atoms. The highest BCUT2D eigenvalue weighted by molar-refractivity contribution is 5.03. The van der Waals surface area contributed by atoms with Crippen molar-refractivity contribution in [3.8, 4) is 0 Å². The van der Waals surface area contributed by atoms with Gasteiger partial charge in [0.15, 0.2) is 0 Å². The van der Waals surface area contributed by atoms with Gasteiger partial charge in [0.1, 0.15) is 5.82 Å². The van der Waals surface area contributed by atoms with Gasteiger partial charge >= 0.3 is 0 Å². The van der Waals surface area contributed by atoms with E-state index in [0.29, 0.717) is 6.04 Å². The molecule has 0 aliphatic heterocycles. The zero-order chi connectivity index (χ0) is 10.0. The number of hydrogen-bond acceptors (Lipinski definition) is 2. The fourth-order valence-electron chi connectivity index (χ4n) is 1.22. The van der Waals surface area contributed by atoms with Crippen molar-refractivity contribution in [3.05, 3.63) is 17.7 Å². The second-order valence-electron chi connectivity index (χ2n) is 3.91. The normalized spacial score (nSPS) is 13.7. The Labute approximate surface area is 80.4 Å². The van der Waals surface area contributed by atoms with Crippen LogP contribution in [0.2, 0.25) is 0 Å². The molecule has 3 nitrogen and oxygen atoms in total. The van der Waals surface area contributed by atoms with Crippen molar-refractivity contribution in [1.29, 1.82) is 0 Å². The number of hydrogen-bond donors (Lipinski definition) is 0. The Morgan fingerprint density at radius 3 is 2.54 bits per heavy atom. The average molecular weight is 181 g/mol. The summed E-state index contributed by atoms with van der Waals surface area (Å²) in [5, 5.41) is 0. The molecule has 0 aliphatic rings. The van der Waals surface area contributed by atoms with Crippen LogP contribution < -0.4 is 0 Å². The molecule has 0 N–H and O–H groups in total. The molecule has 74 valence electrons. The number of likely N-dealkylation sites (N-methyl/N-ethyl adjacent to an activating group) is 1. The fourth-order valence-corrected chi connectivity index (χ4v) is 1.22. The van der Waals surface area contributed by atoms with Crippen LogP contribution in [0.15, 0.2) is 6.20 Å². The highest BCUT2D eigenvalue weighted by Gasteiger charge is 2.08. The molecule has 0 saturated carbocycles. The van der Waals surface area contributed by atoms with Crippen LogP contribution in [-0.4, -0.2) is 34.6 Å². The maximum absolute atomic E-state index is 4.47. The Morgan fingerprint density at radius 1 is 1.54 bits per heavy atom. The van der Waals surface area contributed by atoms with Gasteiger partial charge in [0.25, 0.3) is 0 Å². The van der Waals surface area contributed by atoms with Gasteiger partial charge in [0.2, 0.25) is 0 Å². The zero-order valence-electron chi connectivity index (χ0n) is 9.20. The summed E-state index contributed by atoms with van der Waals surface area (Å²) in [5.41, 5.74) is 1.18. The maximum Gasteiger partial charge on any atom is 0.105 e. The molecule has 0 amide bonds. The summed E-state index contributed by atoms with van der Waals surface area (Å²) in [7, 11) is 6.23. The third kappa shape index (κ3) is 2.56. The average Bonchev–Trinajstić information content (AvgIpc) is 2.31. The molecule has 1 atom stereocenters. The van der Waals surface area contributed by atoms with E-state index >= 15 is 0 Å². The summed E-state index contributed by atoms with van der Waals surface area (Å²) in [4.78, 5) is 6.68. The quantitative estimate of drug-likeness (QED) is 0.699. The molecule has 0 radical (unpaired) electrons. The second kappa shape index (κ2) is 3.92. The first kappa shape index (κ1) is 10.3. The van der Waals surface area contributed by atoms with Crippen molar-refractivity contribution in [2.24, 2.45) is 7.05 Å². The van der Waals surface area contributed by atoms with Crippen molar-refractivity contribution in [3.63, 3.8) is 0 Å². The Morgan fingerprint density at radius 2 is 2.15 bits per heavy atom. The van der Waals surface area contributed by atoms with E-state index in [2.05, 4.69) is 41.7 Å². The van der Waals surface area contributed by atoms with Crippen LogP contribution in [0, 0.1) is 6.92 Å². The van der Waals surface area contributed by atoms with Gasteiger partial charge in [-0.15, -0.1) is 0 Å². The Balaban J connectivity index is 2.64. The van der Waals surface area contributed by atoms with E-state index in [1.165, 1.54) is 5.69 Å². The summed E-state index contributed by atoms with van der Waals surface area (Å²) in [6, 6.07) is 0.550. The zero-order valence-corrected chi connectivity index (χ0v) is 9.20. The molecule has 0 bridgehead atoms. The predicted octanol–water partition coefficient (Wildman–Crippen LogP) is 1.22. The molecular formula is C10H19N3. The number of aryl methyl sites for hydroxylation is 2. The molecule has 0 aromatic carbocycles. The first-order valence-electron chi connectivity index (χ1n) is 4.66. The van der Waals surface area contributed by atoms with Gasteiger partial charge in [-0.05, 0) is 27.9 Å². The van der Waals surface area contributed by atoms with E-state index in [1.807, 2.05) is 14.0 Å². The van der Waals surface area contributed by atoms with E-state index in [9.17, 15) is 0 Å². The van der Waals surface area contributed by atoms with E-state index < -0.39 is 0 Å². The first-order valence-corrected chi connectivity index (χ1v) is 4.66. The predicted molar refractivity (Wildman–Crippen MR) is 54.8 cm³/mol.